The molecule has 0 bridgehead atoms. The van der Waals surface area contributed by atoms with Crippen LogP contribution < -0.4 is 0 Å². The smallest absolute Gasteiger partial charge is 0.172 e. The minimum absolute atomic E-state index is 0.303. The summed E-state index contributed by atoms with van der Waals surface area (Å²) in [7, 11) is 0. The van der Waals surface area contributed by atoms with Crippen molar-refractivity contribution in [3.8, 4) is 11.4 Å². The van der Waals surface area contributed by atoms with Crippen LogP contribution in [0, 0.1) is 0 Å². The second-order valence-corrected chi connectivity index (χ2v) is 13.2. The van der Waals surface area contributed by atoms with Crippen LogP contribution in [-0.4, -0.2) is 19.1 Å². The minimum atomic E-state index is 0.303. The van der Waals surface area contributed by atoms with Gasteiger partial charge in [0.1, 0.15) is 11.8 Å². The van der Waals surface area contributed by atoms with E-state index in [2.05, 4.69) is 142 Å². The van der Waals surface area contributed by atoms with E-state index >= 15 is 0 Å². The fourth-order valence-corrected chi connectivity index (χ4v) is 8.29. The second-order valence-electron chi connectivity index (χ2n) is 13.2. The molecule has 0 fully saturated rings. The third-order valence-electron chi connectivity index (χ3n) is 10.3. The van der Waals surface area contributed by atoms with Crippen molar-refractivity contribution in [2.45, 2.75) is 38.5 Å². The molecule has 0 amide bonds. The molecule has 5 nitrogen and oxygen atoms in total. The number of allylic oxidation sites excluding steroid dienone is 2. The first-order chi connectivity index (χ1) is 23.2. The van der Waals surface area contributed by atoms with E-state index in [4.69, 9.17) is 4.42 Å². The molecule has 0 aliphatic heterocycles. The topological polar surface area (TPSA) is 48.8 Å². The maximum absolute atomic E-state index is 6.48. The molecule has 2 unspecified atom stereocenters. The summed E-state index contributed by atoms with van der Waals surface area (Å²) < 4.78 is 11.4. The van der Waals surface area contributed by atoms with Gasteiger partial charge in [-0.3, -0.25) is 0 Å². The lowest BCUT2D eigenvalue weighted by atomic mass is 9.83. The van der Waals surface area contributed by atoms with Gasteiger partial charge in [0.25, 0.3) is 0 Å². The molecular weight excluding hydrogens is 576 g/mol. The Bertz CT molecular complexity index is 2610. The van der Waals surface area contributed by atoms with Crippen molar-refractivity contribution in [1.82, 2.24) is 19.1 Å². The minimum Gasteiger partial charge on any atom is -0.451 e. The number of rotatable bonds is 3. The highest BCUT2D eigenvalue weighted by atomic mass is 16.3. The Balaban J connectivity index is 1.19. The summed E-state index contributed by atoms with van der Waals surface area (Å²) in [4.78, 5) is 8.79. The molecular formula is C42H32N4O. The number of benzene rings is 4. The van der Waals surface area contributed by atoms with Crippen molar-refractivity contribution in [3.05, 3.63) is 138 Å². The van der Waals surface area contributed by atoms with Gasteiger partial charge in [-0.05, 0) is 72.5 Å². The zero-order valence-corrected chi connectivity index (χ0v) is 26.3. The van der Waals surface area contributed by atoms with E-state index in [-0.39, 0.29) is 0 Å². The Hall–Kier alpha value is -5.68. The highest BCUT2D eigenvalue weighted by molar-refractivity contribution is 6.10. The molecule has 5 heteroatoms. The summed E-state index contributed by atoms with van der Waals surface area (Å²) in [6, 6.07) is 32.9. The van der Waals surface area contributed by atoms with Gasteiger partial charge in [0.05, 0.1) is 22.9 Å². The van der Waals surface area contributed by atoms with Crippen molar-refractivity contribution >= 4 is 61.6 Å². The van der Waals surface area contributed by atoms with Gasteiger partial charge in [0.15, 0.2) is 11.2 Å². The number of fused-ring (bicyclic) bond motifs is 9. The number of para-hydroxylation sites is 3. The van der Waals surface area contributed by atoms with Gasteiger partial charge in [-0.2, -0.15) is 0 Å². The monoisotopic (exact) mass is 608 g/mol. The number of furan rings is 1. The number of hydrogen-bond donors (Lipinski definition) is 0. The standard InChI is InChI=1S/C42H32N4O/c1-25-10-8-14-31-34-22-28(27-18-19-36-33(21-27)30-13-6-7-16-35(30)45(36)29-11-4-3-5-12-29)20-26(2)41(34)46(40(25)31)37-17-9-15-32-39-38(47-42(32)37)23-43-24-44-39/h3-9,11-19,21-26H,10,20H2,1-2H3. The Morgan fingerprint density at radius 1 is 0.745 bits per heavy atom. The Labute approximate surface area is 272 Å². The molecule has 8 aromatic rings. The molecule has 4 heterocycles. The van der Waals surface area contributed by atoms with E-state index in [1.165, 1.54) is 61.1 Å². The van der Waals surface area contributed by atoms with Crippen molar-refractivity contribution in [2.24, 2.45) is 0 Å². The molecule has 47 heavy (non-hydrogen) atoms. The predicted octanol–water partition coefficient (Wildman–Crippen LogP) is 10.8. The average molecular weight is 609 g/mol. The Kier molecular flexibility index (Phi) is 5.59. The first-order valence-electron chi connectivity index (χ1n) is 16.5. The van der Waals surface area contributed by atoms with Crippen LogP contribution in [0.5, 0.6) is 0 Å². The van der Waals surface area contributed by atoms with Crippen LogP contribution in [0.2, 0.25) is 0 Å². The molecule has 2 atom stereocenters. The molecule has 4 aromatic carbocycles. The average Bonchev–Trinajstić information content (AvgIpc) is 3.77. The summed E-state index contributed by atoms with van der Waals surface area (Å²) in [6.45, 7) is 4.73. The quantitative estimate of drug-likeness (QED) is 0.200. The maximum Gasteiger partial charge on any atom is 0.172 e. The van der Waals surface area contributed by atoms with Crippen LogP contribution in [0.3, 0.4) is 0 Å². The zero-order chi connectivity index (χ0) is 31.2. The third kappa shape index (κ3) is 3.77. The van der Waals surface area contributed by atoms with Gasteiger partial charge in [0.2, 0.25) is 0 Å². The number of hydrogen-bond acceptors (Lipinski definition) is 3. The predicted molar refractivity (Wildman–Crippen MR) is 192 cm³/mol. The van der Waals surface area contributed by atoms with Gasteiger partial charge in [-0.1, -0.05) is 74.5 Å². The van der Waals surface area contributed by atoms with Crippen molar-refractivity contribution in [2.75, 3.05) is 0 Å². The molecule has 2 aliphatic carbocycles. The fourth-order valence-electron chi connectivity index (χ4n) is 8.29. The summed E-state index contributed by atoms with van der Waals surface area (Å²) >= 11 is 0. The largest absolute Gasteiger partial charge is 0.451 e. The summed E-state index contributed by atoms with van der Waals surface area (Å²) in [5.41, 5.74) is 15.2. The summed E-state index contributed by atoms with van der Waals surface area (Å²) in [6.07, 6.45) is 12.5. The highest BCUT2D eigenvalue weighted by Crippen LogP contribution is 2.48. The first-order valence-corrected chi connectivity index (χ1v) is 16.5. The second kappa shape index (κ2) is 9.91. The van der Waals surface area contributed by atoms with E-state index in [1.807, 2.05) is 0 Å². The van der Waals surface area contributed by atoms with Crippen molar-refractivity contribution in [3.63, 3.8) is 0 Å². The van der Waals surface area contributed by atoms with Crippen LogP contribution in [0.25, 0.3) is 73.0 Å². The van der Waals surface area contributed by atoms with Crippen molar-refractivity contribution in [1.29, 1.82) is 0 Å². The van der Waals surface area contributed by atoms with E-state index < -0.39 is 0 Å². The summed E-state index contributed by atoms with van der Waals surface area (Å²) in [5, 5.41) is 3.59. The maximum atomic E-state index is 6.48. The third-order valence-corrected chi connectivity index (χ3v) is 10.3. The molecule has 2 aliphatic rings. The Morgan fingerprint density at radius 3 is 2.47 bits per heavy atom. The van der Waals surface area contributed by atoms with E-state index in [0.717, 1.165) is 40.6 Å². The normalized spacial score (nSPS) is 17.4. The fraction of sp³-hybridized carbons (Fsp3) is 0.143. The molecule has 4 aromatic heterocycles. The van der Waals surface area contributed by atoms with Crippen LogP contribution in [0.4, 0.5) is 0 Å². The van der Waals surface area contributed by atoms with Gasteiger partial charge in [-0.15, -0.1) is 0 Å². The van der Waals surface area contributed by atoms with Crippen LogP contribution in [0.1, 0.15) is 66.6 Å². The summed E-state index contributed by atoms with van der Waals surface area (Å²) in [5.74, 6) is 0.682. The number of aromatic nitrogens is 4. The SMILES string of the molecule is CC1CC=Cc2c3c(n(-c4cccc5c4oc4cncnc45)c21)C(C)CC(c1ccc2c(c1)c1ccccc1n2-c1ccccc1)=C3. The van der Waals surface area contributed by atoms with Crippen LogP contribution >= 0.6 is 0 Å². The van der Waals surface area contributed by atoms with Gasteiger partial charge in [0, 0.05) is 56.2 Å². The van der Waals surface area contributed by atoms with Crippen LogP contribution in [0.15, 0.2) is 114 Å². The highest BCUT2D eigenvalue weighted by Gasteiger charge is 2.33. The van der Waals surface area contributed by atoms with E-state index in [0.29, 0.717) is 11.8 Å². The molecule has 10 rings (SSSR count). The first kappa shape index (κ1) is 26.5. The molecule has 0 saturated heterocycles. The zero-order valence-electron chi connectivity index (χ0n) is 26.3. The molecule has 0 radical (unpaired) electrons. The Morgan fingerprint density at radius 2 is 1.55 bits per heavy atom. The molecule has 0 saturated carbocycles. The lowest BCUT2D eigenvalue weighted by Gasteiger charge is -2.25. The van der Waals surface area contributed by atoms with Gasteiger partial charge < -0.3 is 13.6 Å². The lowest BCUT2D eigenvalue weighted by molar-refractivity contribution is 0.645. The van der Waals surface area contributed by atoms with Crippen molar-refractivity contribution < 1.29 is 4.42 Å². The van der Waals surface area contributed by atoms with E-state index in [1.54, 1.807) is 12.5 Å². The molecule has 226 valence electrons. The van der Waals surface area contributed by atoms with E-state index in [9.17, 15) is 0 Å². The van der Waals surface area contributed by atoms with Gasteiger partial charge in [-0.25, -0.2) is 9.97 Å². The molecule has 0 spiro atoms. The lowest BCUT2D eigenvalue weighted by Crippen LogP contribution is -2.12. The van der Waals surface area contributed by atoms with Gasteiger partial charge >= 0.3 is 0 Å². The molecule has 0 N–H and O–H groups in total. The number of nitrogens with zero attached hydrogens (tertiary/aromatic N) is 4. The van der Waals surface area contributed by atoms with Crippen LogP contribution in [-0.2, 0) is 0 Å².